The number of carbonyl (C=O) groups excluding carboxylic acids is 2. The fraction of sp³-hybridized carbons (Fsp3) is 0.143. The molecule has 1 aliphatic heterocycles. The number of amides is 2. The standard InChI is InChI=1S/C28H24N4O2/c33-27(23-11-9-22(10-12-23)21-6-2-1-3-7-21)31-16-18-32(19-17-31)28(34)24-13-15-30-26(20-24)25-8-4-5-14-29-25/h1-15,20H,16-19H2. The van der Waals surface area contributed by atoms with Gasteiger partial charge in [0.05, 0.1) is 11.4 Å². The summed E-state index contributed by atoms with van der Waals surface area (Å²) in [7, 11) is 0. The normalized spacial score (nSPS) is 13.5. The maximum atomic E-state index is 13.1. The lowest BCUT2D eigenvalue weighted by Crippen LogP contribution is -2.50. The fourth-order valence-corrected chi connectivity index (χ4v) is 4.13. The molecule has 2 amide bonds. The third-order valence-electron chi connectivity index (χ3n) is 6.03. The Bertz CT molecular complexity index is 1280. The van der Waals surface area contributed by atoms with Gasteiger partial charge >= 0.3 is 0 Å². The van der Waals surface area contributed by atoms with Crippen molar-refractivity contribution < 1.29 is 9.59 Å². The Labute approximate surface area is 198 Å². The third kappa shape index (κ3) is 4.57. The smallest absolute Gasteiger partial charge is 0.254 e. The van der Waals surface area contributed by atoms with Crippen molar-refractivity contribution in [2.75, 3.05) is 26.2 Å². The van der Waals surface area contributed by atoms with Gasteiger partial charge in [0.1, 0.15) is 0 Å². The van der Waals surface area contributed by atoms with Crippen molar-refractivity contribution in [2.45, 2.75) is 0 Å². The van der Waals surface area contributed by atoms with Crippen LogP contribution in [-0.2, 0) is 0 Å². The first-order valence-electron chi connectivity index (χ1n) is 11.3. The fourth-order valence-electron chi connectivity index (χ4n) is 4.13. The zero-order valence-corrected chi connectivity index (χ0v) is 18.7. The summed E-state index contributed by atoms with van der Waals surface area (Å²) in [5.41, 5.74) is 4.83. The minimum atomic E-state index is -0.0566. The molecule has 2 aromatic heterocycles. The summed E-state index contributed by atoms with van der Waals surface area (Å²) in [6.45, 7) is 1.99. The monoisotopic (exact) mass is 448 g/mol. The van der Waals surface area contributed by atoms with Crippen LogP contribution in [0.4, 0.5) is 0 Å². The highest BCUT2D eigenvalue weighted by Crippen LogP contribution is 2.21. The molecule has 5 rings (SSSR count). The Balaban J connectivity index is 1.22. The van der Waals surface area contributed by atoms with Crippen molar-refractivity contribution in [1.29, 1.82) is 0 Å². The molecule has 6 heteroatoms. The molecule has 0 radical (unpaired) electrons. The first-order chi connectivity index (χ1) is 16.7. The van der Waals surface area contributed by atoms with Crippen molar-refractivity contribution in [3.05, 3.63) is 108 Å². The Morgan fingerprint density at radius 3 is 1.79 bits per heavy atom. The summed E-state index contributed by atoms with van der Waals surface area (Å²) < 4.78 is 0. The highest BCUT2D eigenvalue weighted by Gasteiger charge is 2.26. The number of aromatic nitrogens is 2. The predicted octanol–water partition coefficient (Wildman–Crippen LogP) is 4.41. The van der Waals surface area contributed by atoms with Gasteiger partial charge < -0.3 is 9.80 Å². The van der Waals surface area contributed by atoms with Crippen LogP contribution in [0.1, 0.15) is 20.7 Å². The molecule has 6 nitrogen and oxygen atoms in total. The number of piperazine rings is 1. The molecule has 0 aliphatic carbocycles. The van der Waals surface area contributed by atoms with Crippen LogP contribution in [0.25, 0.3) is 22.5 Å². The highest BCUT2D eigenvalue weighted by atomic mass is 16.2. The molecule has 2 aromatic carbocycles. The van der Waals surface area contributed by atoms with Gasteiger partial charge in [0.15, 0.2) is 0 Å². The highest BCUT2D eigenvalue weighted by molar-refractivity contribution is 5.96. The van der Waals surface area contributed by atoms with Crippen molar-refractivity contribution in [3.8, 4) is 22.5 Å². The molecule has 4 aromatic rings. The van der Waals surface area contributed by atoms with E-state index in [9.17, 15) is 9.59 Å². The average molecular weight is 449 g/mol. The summed E-state index contributed by atoms with van der Waals surface area (Å²) >= 11 is 0. The first-order valence-corrected chi connectivity index (χ1v) is 11.3. The van der Waals surface area contributed by atoms with E-state index in [-0.39, 0.29) is 11.8 Å². The molecule has 34 heavy (non-hydrogen) atoms. The zero-order chi connectivity index (χ0) is 23.3. The molecule has 0 unspecified atom stereocenters. The predicted molar refractivity (Wildman–Crippen MR) is 131 cm³/mol. The van der Waals surface area contributed by atoms with Gasteiger partial charge in [-0.15, -0.1) is 0 Å². The van der Waals surface area contributed by atoms with E-state index in [4.69, 9.17) is 0 Å². The van der Waals surface area contributed by atoms with Gasteiger partial charge in [-0.25, -0.2) is 0 Å². The van der Waals surface area contributed by atoms with E-state index in [0.717, 1.165) is 16.8 Å². The van der Waals surface area contributed by atoms with Gasteiger partial charge in [0, 0.05) is 49.7 Å². The molecule has 3 heterocycles. The Morgan fingerprint density at radius 2 is 1.15 bits per heavy atom. The second kappa shape index (κ2) is 9.67. The Morgan fingerprint density at radius 1 is 0.559 bits per heavy atom. The lowest BCUT2D eigenvalue weighted by atomic mass is 10.0. The number of hydrogen-bond acceptors (Lipinski definition) is 4. The summed E-state index contributed by atoms with van der Waals surface area (Å²) in [6, 6.07) is 26.9. The summed E-state index contributed by atoms with van der Waals surface area (Å²) in [4.78, 5) is 38.3. The minimum Gasteiger partial charge on any atom is -0.335 e. The maximum Gasteiger partial charge on any atom is 0.254 e. The van der Waals surface area contributed by atoms with E-state index in [1.54, 1.807) is 29.4 Å². The molecular formula is C28H24N4O2. The van der Waals surface area contributed by atoms with Crippen molar-refractivity contribution in [2.24, 2.45) is 0 Å². The van der Waals surface area contributed by atoms with Crippen molar-refractivity contribution >= 4 is 11.8 Å². The average Bonchev–Trinajstić information content (AvgIpc) is 2.93. The molecule has 0 bridgehead atoms. The van der Waals surface area contributed by atoms with Crippen molar-refractivity contribution in [1.82, 2.24) is 19.8 Å². The molecule has 0 saturated carbocycles. The number of nitrogens with zero attached hydrogens (tertiary/aromatic N) is 4. The number of benzene rings is 2. The maximum absolute atomic E-state index is 13.1. The minimum absolute atomic E-state index is 0.00643. The summed E-state index contributed by atoms with van der Waals surface area (Å²) in [5, 5.41) is 0. The SMILES string of the molecule is O=C(c1ccc(-c2ccccc2)cc1)N1CCN(C(=O)c2ccnc(-c3ccccn3)c2)CC1. The zero-order valence-electron chi connectivity index (χ0n) is 18.7. The van der Waals surface area contributed by atoms with Crippen molar-refractivity contribution in [3.63, 3.8) is 0 Å². The second-order valence-electron chi connectivity index (χ2n) is 8.17. The lowest BCUT2D eigenvalue weighted by Gasteiger charge is -2.35. The van der Waals surface area contributed by atoms with Gasteiger partial charge in [-0.3, -0.25) is 19.6 Å². The molecule has 0 atom stereocenters. The van der Waals surface area contributed by atoms with E-state index in [2.05, 4.69) is 22.1 Å². The van der Waals surface area contributed by atoms with E-state index in [0.29, 0.717) is 43.0 Å². The van der Waals surface area contributed by atoms with E-state index in [1.165, 1.54) is 0 Å². The van der Waals surface area contributed by atoms with Crippen LogP contribution in [0, 0.1) is 0 Å². The van der Waals surface area contributed by atoms with E-state index in [1.807, 2.05) is 65.6 Å². The summed E-state index contributed by atoms with van der Waals surface area (Å²) in [6.07, 6.45) is 3.34. The van der Waals surface area contributed by atoms with Crippen LogP contribution in [-0.4, -0.2) is 57.8 Å². The number of carbonyl (C=O) groups is 2. The quantitative estimate of drug-likeness (QED) is 0.464. The van der Waals surface area contributed by atoms with Crippen LogP contribution < -0.4 is 0 Å². The third-order valence-corrected chi connectivity index (χ3v) is 6.03. The molecule has 0 N–H and O–H groups in total. The van der Waals surface area contributed by atoms with Crippen LogP contribution >= 0.6 is 0 Å². The van der Waals surface area contributed by atoms with E-state index < -0.39 is 0 Å². The Kier molecular flexibility index (Phi) is 6.12. The topological polar surface area (TPSA) is 66.4 Å². The summed E-state index contributed by atoms with van der Waals surface area (Å²) in [5.74, 6) is -0.0630. The van der Waals surface area contributed by atoms with Crippen LogP contribution in [0.15, 0.2) is 97.3 Å². The molecular weight excluding hydrogens is 424 g/mol. The second-order valence-corrected chi connectivity index (χ2v) is 8.17. The molecule has 168 valence electrons. The molecule has 1 aliphatic rings. The van der Waals surface area contributed by atoms with E-state index >= 15 is 0 Å². The largest absolute Gasteiger partial charge is 0.335 e. The first kappa shape index (κ1) is 21.5. The molecule has 1 fully saturated rings. The Hall–Kier alpha value is -4.32. The van der Waals surface area contributed by atoms with Gasteiger partial charge in [0.25, 0.3) is 11.8 Å². The van der Waals surface area contributed by atoms with Gasteiger partial charge in [-0.1, -0.05) is 48.5 Å². The van der Waals surface area contributed by atoms with Gasteiger partial charge in [-0.2, -0.15) is 0 Å². The van der Waals surface area contributed by atoms with Gasteiger partial charge in [0.2, 0.25) is 0 Å². The van der Waals surface area contributed by atoms with Crippen LogP contribution in [0.3, 0.4) is 0 Å². The van der Waals surface area contributed by atoms with Crippen LogP contribution in [0.5, 0.6) is 0 Å². The van der Waals surface area contributed by atoms with Crippen LogP contribution in [0.2, 0.25) is 0 Å². The molecule has 1 saturated heterocycles. The lowest BCUT2D eigenvalue weighted by molar-refractivity contribution is 0.0535. The van der Waals surface area contributed by atoms with Gasteiger partial charge in [-0.05, 0) is 47.5 Å². The molecule has 0 spiro atoms. The number of pyridine rings is 2. The number of rotatable bonds is 4. The number of hydrogen-bond donors (Lipinski definition) is 0.